The van der Waals surface area contributed by atoms with Crippen LogP contribution in [0.1, 0.15) is 138 Å². The zero-order chi connectivity index (χ0) is 46.0. The number of carbonyl (C=O) groups excluding carboxylic acids is 4. The van der Waals surface area contributed by atoms with Gasteiger partial charge in [0.1, 0.15) is 6.10 Å². The Morgan fingerprint density at radius 1 is 0.919 bits per heavy atom. The molecular weight excluding hydrogens is 799 g/mol. The number of carbonyl (C=O) groups is 4. The first-order valence-electron chi connectivity index (χ1n) is 22.4. The summed E-state index contributed by atoms with van der Waals surface area (Å²) in [6.07, 6.45) is -1.38. The number of methoxy groups -OCH3 is 1. The average Bonchev–Trinajstić information content (AvgIpc) is 3.45. The third-order valence-corrected chi connectivity index (χ3v) is 16.3. The van der Waals surface area contributed by atoms with Crippen LogP contribution in [0.4, 0.5) is 0 Å². The van der Waals surface area contributed by atoms with Gasteiger partial charge in [0.2, 0.25) is 5.91 Å². The maximum absolute atomic E-state index is 13.7. The second-order valence-electron chi connectivity index (χ2n) is 21.2. The van der Waals surface area contributed by atoms with Gasteiger partial charge >= 0.3 is 17.9 Å². The van der Waals surface area contributed by atoms with E-state index in [0.29, 0.717) is 31.2 Å². The lowest BCUT2D eigenvalue weighted by molar-refractivity contribution is -0.251. The first kappa shape index (κ1) is 48.1. The fourth-order valence-electron chi connectivity index (χ4n) is 13.2. The number of fused-ring (bicyclic) bond motifs is 4. The molecule has 14 atom stereocenters. The van der Waals surface area contributed by atoms with Crippen molar-refractivity contribution < 1.29 is 63.7 Å². The molecule has 4 aliphatic carbocycles. The lowest BCUT2D eigenvalue weighted by atomic mass is 9.42. The fraction of sp³-hybridized carbons (Fsp3) is 0.750. The largest absolute Gasteiger partial charge is 0.467 e. The third-order valence-electron chi connectivity index (χ3n) is 16.3. The normalized spacial score (nSPS) is 37.3. The van der Waals surface area contributed by atoms with Crippen molar-refractivity contribution in [2.45, 2.75) is 181 Å². The van der Waals surface area contributed by atoms with Gasteiger partial charge in [0.25, 0.3) is 0 Å². The predicted octanol–water partition coefficient (Wildman–Crippen LogP) is 4.97. The Balaban J connectivity index is 1.15. The fourth-order valence-corrected chi connectivity index (χ4v) is 13.2. The van der Waals surface area contributed by atoms with Crippen molar-refractivity contribution >= 4 is 23.8 Å². The molecule has 0 aromatic heterocycles. The number of aliphatic hydroxyl groups is 5. The number of amides is 1. The van der Waals surface area contributed by atoms with E-state index in [4.69, 9.17) is 18.9 Å². The van der Waals surface area contributed by atoms with Crippen LogP contribution in [-0.4, -0.2) is 104 Å². The summed E-state index contributed by atoms with van der Waals surface area (Å²) in [6.45, 7) is 16.5. The van der Waals surface area contributed by atoms with E-state index in [9.17, 15) is 44.7 Å². The smallest absolute Gasteiger partial charge is 0.332 e. The Labute approximate surface area is 366 Å². The van der Waals surface area contributed by atoms with Crippen molar-refractivity contribution in [1.82, 2.24) is 5.32 Å². The molecule has 1 amide bonds. The van der Waals surface area contributed by atoms with Crippen LogP contribution in [0.2, 0.25) is 0 Å². The molecule has 62 heavy (non-hydrogen) atoms. The molecule has 14 nitrogen and oxygen atoms in total. The quantitative estimate of drug-likeness (QED) is 0.0931. The molecule has 0 bridgehead atoms. The van der Waals surface area contributed by atoms with E-state index in [1.54, 1.807) is 44.2 Å². The molecule has 5 aliphatic rings. The number of allylic oxidation sites excluding steroid dienone is 1. The standard InChI is InChI=1S/C48H71NO13/c1-26(50)60-39(27-14-12-11-13-15-27)38(42(56)59-10)49-36(53)24-45(6,58)25-37(54)62-40-32(51)23-46(7)31-22-34(52)48(9)29(28-16-19-35(44(4,5)57)61-41(28)55)20-21-47(48,8)30(31)17-18-33(46)43(40,2)3/h11-15,28-29,32-35,38-41,51-52,55,57-58H,16-25H2,1-10H3,(H,49,53). The molecule has 6 N–H and O–H groups in total. The van der Waals surface area contributed by atoms with E-state index >= 15 is 0 Å². The topological polar surface area (TPSA) is 218 Å². The van der Waals surface area contributed by atoms with Crippen molar-refractivity contribution in [3.8, 4) is 0 Å². The Hall–Kier alpha value is -3.40. The van der Waals surface area contributed by atoms with Crippen LogP contribution in [0.3, 0.4) is 0 Å². The van der Waals surface area contributed by atoms with Crippen LogP contribution < -0.4 is 5.32 Å². The van der Waals surface area contributed by atoms with Gasteiger partial charge in [0, 0.05) is 23.7 Å². The number of benzene rings is 1. The molecule has 0 radical (unpaired) electrons. The zero-order valence-corrected chi connectivity index (χ0v) is 38.2. The molecule has 2 saturated carbocycles. The van der Waals surface area contributed by atoms with Crippen LogP contribution >= 0.6 is 0 Å². The number of esters is 3. The maximum Gasteiger partial charge on any atom is 0.332 e. The van der Waals surface area contributed by atoms with E-state index in [0.717, 1.165) is 32.8 Å². The summed E-state index contributed by atoms with van der Waals surface area (Å²) in [4.78, 5) is 51.9. The number of ether oxygens (including phenoxy) is 4. The van der Waals surface area contributed by atoms with E-state index in [2.05, 4.69) is 26.1 Å². The van der Waals surface area contributed by atoms with Gasteiger partial charge in [0.05, 0.1) is 49.5 Å². The molecule has 14 unspecified atom stereocenters. The number of hydrogen-bond acceptors (Lipinski definition) is 13. The minimum absolute atomic E-state index is 0.00142. The van der Waals surface area contributed by atoms with Crippen LogP contribution in [-0.2, 0) is 38.1 Å². The van der Waals surface area contributed by atoms with Crippen molar-refractivity contribution in [3.05, 3.63) is 47.0 Å². The maximum atomic E-state index is 13.7. The van der Waals surface area contributed by atoms with Crippen molar-refractivity contribution in [1.29, 1.82) is 0 Å². The SMILES string of the molecule is COC(=O)C(NC(=O)CC(C)(O)CC(=O)OC1C(O)CC2(C)C3=C(CCC2C1(C)C)C1(C)CCC(C2CCC(C(C)(C)O)OC2O)C1(C)C(O)C3)C(OC(C)=O)c1ccccc1. The van der Waals surface area contributed by atoms with Crippen LogP contribution in [0, 0.1) is 39.4 Å². The molecular formula is C48H71NO13. The summed E-state index contributed by atoms with van der Waals surface area (Å²) in [7, 11) is 1.13. The minimum atomic E-state index is -1.93. The Morgan fingerprint density at radius 2 is 1.58 bits per heavy atom. The predicted molar refractivity (Wildman–Crippen MR) is 226 cm³/mol. The first-order chi connectivity index (χ1) is 28.7. The highest BCUT2D eigenvalue weighted by atomic mass is 16.6. The second kappa shape index (κ2) is 17.2. The van der Waals surface area contributed by atoms with Gasteiger partial charge < -0.3 is 49.8 Å². The molecule has 346 valence electrons. The Morgan fingerprint density at radius 3 is 2.18 bits per heavy atom. The van der Waals surface area contributed by atoms with Gasteiger partial charge in [-0.2, -0.15) is 0 Å². The molecule has 1 saturated heterocycles. The summed E-state index contributed by atoms with van der Waals surface area (Å²) < 4.78 is 22.4. The molecule has 0 spiro atoms. The molecule has 6 rings (SSSR count). The molecule has 1 aromatic carbocycles. The molecule has 1 aromatic rings. The van der Waals surface area contributed by atoms with Crippen molar-refractivity contribution in [3.63, 3.8) is 0 Å². The van der Waals surface area contributed by atoms with E-state index in [-0.39, 0.29) is 23.2 Å². The molecule has 3 fully saturated rings. The van der Waals surface area contributed by atoms with Crippen molar-refractivity contribution in [2.75, 3.05) is 7.11 Å². The first-order valence-corrected chi connectivity index (χ1v) is 22.4. The molecule has 14 heteroatoms. The Kier molecular flexibility index (Phi) is 13.3. The number of nitrogens with one attached hydrogen (secondary N) is 1. The van der Waals surface area contributed by atoms with Gasteiger partial charge in [-0.25, -0.2) is 4.79 Å². The van der Waals surface area contributed by atoms with E-state index < -0.39 is 107 Å². The van der Waals surface area contributed by atoms with Crippen LogP contribution in [0.15, 0.2) is 41.5 Å². The zero-order valence-electron chi connectivity index (χ0n) is 38.2. The lowest BCUT2D eigenvalue weighted by Crippen LogP contribution is -2.62. The van der Waals surface area contributed by atoms with Gasteiger partial charge in [0.15, 0.2) is 18.4 Å². The summed E-state index contributed by atoms with van der Waals surface area (Å²) in [5.74, 6) is -3.39. The lowest BCUT2D eigenvalue weighted by Gasteiger charge is -2.64. The summed E-state index contributed by atoms with van der Waals surface area (Å²) in [5.41, 5.74) is -2.21. The van der Waals surface area contributed by atoms with Gasteiger partial charge in [-0.1, -0.05) is 76.1 Å². The third kappa shape index (κ3) is 8.60. The summed E-state index contributed by atoms with van der Waals surface area (Å²) in [5, 5.41) is 60.1. The minimum Gasteiger partial charge on any atom is -0.467 e. The highest BCUT2D eigenvalue weighted by molar-refractivity contribution is 5.86. The van der Waals surface area contributed by atoms with E-state index in [1.807, 2.05) is 13.8 Å². The van der Waals surface area contributed by atoms with E-state index in [1.165, 1.54) is 25.0 Å². The van der Waals surface area contributed by atoms with Crippen molar-refractivity contribution in [2.24, 2.45) is 39.4 Å². The highest BCUT2D eigenvalue weighted by Crippen LogP contribution is 2.73. The summed E-state index contributed by atoms with van der Waals surface area (Å²) >= 11 is 0. The van der Waals surface area contributed by atoms with Gasteiger partial charge in [-0.3, -0.25) is 14.4 Å². The second-order valence-corrected chi connectivity index (χ2v) is 21.2. The number of rotatable bonds is 12. The number of hydrogen-bond donors (Lipinski definition) is 6. The van der Waals surface area contributed by atoms with Gasteiger partial charge in [-0.15, -0.1) is 0 Å². The Bertz CT molecular complexity index is 1890. The van der Waals surface area contributed by atoms with Crippen LogP contribution in [0.5, 0.6) is 0 Å². The molecule has 1 heterocycles. The molecule has 1 aliphatic heterocycles. The average molecular weight is 870 g/mol. The highest BCUT2D eigenvalue weighted by Gasteiger charge is 2.68. The summed E-state index contributed by atoms with van der Waals surface area (Å²) in [6, 6.07) is 6.91. The monoisotopic (exact) mass is 869 g/mol. The number of aliphatic hydroxyl groups excluding tert-OH is 3. The van der Waals surface area contributed by atoms with Gasteiger partial charge in [-0.05, 0) is 100 Å². The van der Waals surface area contributed by atoms with Crippen LogP contribution in [0.25, 0.3) is 0 Å².